The lowest BCUT2D eigenvalue weighted by Crippen LogP contribution is -2.61. The largest absolute Gasteiger partial charge is 0.465 e. The Labute approximate surface area is 129 Å². The van der Waals surface area contributed by atoms with Crippen LogP contribution >= 0.6 is 0 Å². The lowest BCUT2D eigenvalue weighted by atomic mass is 9.92. The van der Waals surface area contributed by atoms with Gasteiger partial charge in [0, 0.05) is 19.1 Å². The first-order chi connectivity index (χ1) is 10.0. The Morgan fingerprint density at radius 1 is 1.33 bits per heavy atom. The molecule has 0 aromatic carbocycles. The number of carbonyl (C=O) groups is 1. The van der Waals surface area contributed by atoms with Gasteiger partial charge in [0.05, 0.1) is 6.61 Å². The van der Waals surface area contributed by atoms with E-state index in [2.05, 4.69) is 36.1 Å². The van der Waals surface area contributed by atoms with Gasteiger partial charge in [-0.15, -0.1) is 0 Å². The Kier molecular flexibility index (Phi) is 5.63. The summed E-state index contributed by atoms with van der Waals surface area (Å²) in [6.07, 6.45) is 3.45. The third-order valence-corrected chi connectivity index (χ3v) is 4.86. The molecule has 2 aliphatic rings. The van der Waals surface area contributed by atoms with Crippen LogP contribution < -0.4 is 5.32 Å². The summed E-state index contributed by atoms with van der Waals surface area (Å²) in [5.41, 5.74) is -0.494. The molecule has 21 heavy (non-hydrogen) atoms. The summed E-state index contributed by atoms with van der Waals surface area (Å²) in [7, 11) is 4.27. The van der Waals surface area contributed by atoms with Crippen molar-refractivity contribution in [3.05, 3.63) is 0 Å². The van der Waals surface area contributed by atoms with Crippen LogP contribution in [0.5, 0.6) is 0 Å². The van der Waals surface area contributed by atoms with E-state index in [0.29, 0.717) is 18.6 Å². The Hall–Kier alpha value is -0.650. The normalized spacial score (nSPS) is 26.0. The minimum Gasteiger partial charge on any atom is -0.465 e. The van der Waals surface area contributed by atoms with Gasteiger partial charge in [-0.25, -0.2) is 4.79 Å². The van der Waals surface area contributed by atoms with Crippen molar-refractivity contribution in [2.45, 2.75) is 44.7 Å². The molecule has 5 nitrogen and oxygen atoms in total. The Bertz CT molecular complexity index is 357. The average Bonchev–Trinajstić information content (AvgIpc) is 3.18. The molecule has 1 saturated heterocycles. The zero-order chi connectivity index (χ0) is 15.5. The third-order valence-electron chi connectivity index (χ3n) is 4.86. The minimum atomic E-state index is -0.494. The summed E-state index contributed by atoms with van der Waals surface area (Å²) in [5.74, 6) is 0.387. The van der Waals surface area contributed by atoms with E-state index in [1.165, 1.54) is 6.42 Å². The lowest BCUT2D eigenvalue weighted by molar-refractivity contribution is -0.153. The van der Waals surface area contributed by atoms with Crippen LogP contribution in [0.25, 0.3) is 0 Å². The second kappa shape index (κ2) is 7.07. The van der Waals surface area contributed by atoms with Crippen molar-refractivity contribution < 1.29 is 9.53 Å². The van der Waals surface area contributed by atoms with Gasteiger partial charge in [0.1, 0.15) is 5.54 Å². The van der Waals surface area contributed by atoms with E-state index in [9.17, 15) is 4.79 Å². The summed E-state index contributed by atoms with van der Waals surface area (Å²) < 4.78 is 5.41. The smallest absolute Gasteiger partial charge is 0.327 e. The van der Waals surface area contributed by atoms with Gasteiger partial charge in [-0.1, -0.05) is 6.92 Å². The van der Waals surface area contributed by atoms with Crippen LogP contribution in [0, 0.1) is 5.92 Å². The maximum Gasteiger partial charge on any atom is 0.327 e. The first-order valence-corrected chi connectivity index (χ1v) is 8.34. The molecular weight excluding hydrogens is 266 g/mol. The highest BCUT2D eigenvalue weighted by atomic mass is 16.5. The number of hydrogen-bond donors (Lipinski definition) is 1. The molecule has 1 aliphatic heterocycles. The van der Waals surface area contributed by atoms with Gasteiger partial charge in [-0.05, 0) is 59.3 Å². The number of nitrogens with zero attached hydrogens (tertiary/aromatic N) is 2. The molecule has 2 unspecified atom stereocenters. The fourth-order valence-corrected chi connectivity index (χ4v) is 3.51. The molecule has 0 aromatic rings. The monoisotopic (exact) mass is 297 g/mol. The molecule has 0 bridgehead atoms. The van der Waals surface area contributed by atoms with Crippen LogP contribution in [0.3, 0.4) is 0 Å². The van der Waals surface area contributed by atoms with E-state index in [0.717, 1.165) is 39.0 Å². The Morgan fingerprint density at radius 2 is 2.05 bits per heavy atom. The van der Waals surface area contributed by atoms with E-state index in [-0.39, 0.29) is 5.97 Å². The zero-order valence-electron chi connectivity index (χ0n) is 14.0. The number of hydrogen-bond acceptors (Lipinski definition) is 5. The van der Waals surface area contributed by atoms with Crippen LogP contribution in [0.4, 0.5) is 0 Å². The Balaban J connectivity index is 2.07. The standard InChI is InChI=1S/C16H31N3O2/c1-5-17-16(13-7-8-13,15(20)21-6-2)12-19-10-9-14(11-19)18(3)4/h13-14,17H,5-12H2,1-4H3. The first kappa shape index (κ1) is 16.7. The van der Waals surface area contributed by atoms with Crippen molar-refractivity contribution in [1.29, 1.82) is 0 Å². The molecule has 1 N–H and O–H groups in total. The molecule has 1 heterocycles. The lowest BCUT2D eigenvalue weighted by Gasteiger charge is -2.36. The molecule has 5 heteroatoms. The molecule has 0 amide bonds. The van der Waals surface area contributed by atoms with Gasteiger partial charge in [0.25, 0.3) is 0 Å². The predicted molar refractivity (Wildman–Crippen MR) is 84.3 cm³/mol. The van der Waals surface area contributed by atoms with E-state index in [1.54, 1.807) is 0 Å². The predicted octanol–water partition coefficient (Wildman–Crippen LogP) is 0.944. The highest BCUT2D eigenvalue weighted by molar-refractivity contribution is 5.82. The van der Waals surface area contributed by atoms with Crippen LogP contribution in [-0.2, 0) is 9.53 Å². The fraction of sp³-hybridized carbons (Fsp3) is 0.938. The van der Waals surface area contributed by atoms with E-state index in [1.807, 2.05) is 6.92 Å². The van der Waals surface area contributed by atoms with Crippen molar-refractivity contribution in [1.82, 2.24) is 15.1 Å². The maximum absolute atomic E-state index is 12.6. The Morgan fingerprint density at radius 3 is 2.52 bits per heavy atom. The number of likely N-dealkylation sites (tertiary alicyclic amines) is 1. The number of ether oxygens (including phenoxy) is 1. The summed E-state index contributed by atoms with van der Waals surface area (Å²) in [6.45, 7) is 8.13. The average molecular weight is 297 g/mol. The van der Waals surface area contributed by atoms with Gasteiger partial charge in [-0.3, -0.25) is 4.90 Å². The van der Waals surface area contributed by atoms with Gasteiger partial charge in [-0.2, -0.15) is 0 Å². The highest BCUT2D eigenvalue weighted by Crippen LogP contribution is 2.41. The van der Waals surface area contributed by atoms with Gasteiger partial charge < -0.3 is 15.0 Å². The van der Waals surface area contributed by atoms with E-state index >= 15 is 0 Å². The van der Waals surface area contributed by atoms with E-state index < -0.39 is 5.54 Å². The van der Waals surface area contributed by atoms with Crippen LogP contribution in [0.2, 0.25) is 0 Å². The molecule has 1 saturated carbocycles. The maximum atomic E-state index is 12.6. The summed E-state index contributed by atoms with van der Waals surface area (Å²) >= 11 is 0. The van der Waals surface area contributed by atoms with Crippen molar-refractivity contribution in [3.63, 3.8) is 0 Å². The second-order valence-electron chi connectivity index (χ2n) is 6.64. The molecular formula is C16H31N3O2. The number of esters is 1. The molecule has 0 spiro atoms. The van der Waals surface area contributed by atoms with Crippen molar-refractivity contribution in [2.75, 3.05) is 46.9 Å². The minimum absolute atomic E-state index is 0.0531. The highest BCUT2D eigenvalue weighted by Gasteiger charge is 2.52. The molecule has 122 valence electrons. The van der Waals surface area contributed by atoms with Gasteiger partial charge >= 0.3 is 5.97 Å². The summed E-state index contributed by atoms with van der Waals surface area (Å²) in [5, 5.41) is 3.48. The van der Waals surface area contributed by atoms with Crippen LogP contribution in [0.15, 0.2) is 0 Å². The summed E-state index contributed by atoms with van der Waals surface area (Å²) in [4.78, 5) is 17.3. The van der Waals surface area contributed by atoms with Crippen LogP contribution in [-0.4, -0.2) is 74.2 Å². The number of rotatable bonds is 8. The molecule has 1 aliphatic carbocycles. The molecule has 0 aromatic heterocycles. The number of likely N-dealkylation sites (N-methyl/N-ethyl adjacent to an activating group) is 2. The zero-order valence-corrected chi connectivity index (χ0v) is 14.0. The quantitative estimate of drug-likeness (QED) is 0.676. The van der Waals surface area contributed by atoms with Crippen LogP contribution in [0.1, 0.15) is 33.1 Å². The van der Waals surface area contributed by atoms with Crippen molar-refractivity contribution in [3.8, 4) is 0 Å². The topological polar surface area (TPSA) is 44.8 Å². The first-order valence-electron chi connectivity index (χ1n) is 8.34. The van der Waals surface area contributed by atoms with Gasteiger partial charge in [0.15, 0.2) is 0 Å². The molecule has 2 rings (SSSR count). The SMILES string of the molecule is CCNC(CN1CCC(N(C)C)C1)(C(=O)OCC)C1CC1. The second-order valence-corrected chi connectivity index (χ2v) is 6.64. The number of nitrogens with one attached hydrogen (secondary N) is 1. The van der Waals surface area contributed by atoms with Crippen molar-refractivity contribution >= 4 is 5.97 Å². The van der Waals surface area contributed by atoms with Crippen molar-refractivity contribution in [2.24, 2.45) is 5.92 Å². The van der Waals surface area contributed by atoms with Gasteiger partial charge in [0.2, 0.25) is 0 Å². The molecule has 2 atom stereocenters. The number of carbonyl (C=O) groups excluding carboxylic acids is 1. The van der Waals surface area contributed by atoms with E-state index in [4.69, 9.17) is 4.74 Å². The fourth-order valence-electron chi connectivity index (χ4n) is 3.51. The molecule has 2 fully saturated rings. The summed E-state index contributed by atoms with van der Waals surface area (Å²) in [6, 6.07) is 0.603. The third kappa shape index (κ3) is 3.76. The molecule has 0 radical (unpaired) electrons.